The van der Waals surface area contributed by atoms with E-state index in [0.717, 1.165) is 24.3 Å². The smallest absolute Gasteiger partial charge is 0.233 e. The van der Waals surface area contributed by atoms with Crippen molar-refractivity contribution >= 4 is 17.7 Å². The molecule has 0 radical (unpaired) electrons. The van der Waals surface area contributed by atoms with Crippen molar-refractivity contribution in [1.82, 2.24) is 4.90 Å². The van der Waals surface area contributed by atoms with Crippen LogP contribution in [0, 0.1) is 12.3 Å². The first-order valence-corrected chi connectivity index (χ1v) is 6.73. The van der Waals surface area contributed by atoms with Crippen molar-refractivity contribution in [3.05, 3.63) is 30.3 Å². The number of benzene rings is 1. The number of amides is 1. The molecule has 88 valence electrons. The van der Waals surface area contributed by atoms with Gasteiger partial charge >= 0.3 is 0 Å². The van der Waals surface area contributed by atoms with Crippen LogP contribution < -0.4 is 0 Å². The summed E-state index contributed by atoms with van der Waals surface area (Å²) in [7, 11) is 0. The van der Waals surface area contributed by atoms with Gasteiger partial charge in [-0.05, 0) is 25.0 Å². The van der Waals surface area contributed by atoms with Gasteiger partial charge in [0.25, 0.3) is 0 Å². The summed E-state index contributed by atoms with van der Waals surface area (Å²) >= 11 is 1.57. The van der Waals surface area contributed by atoms with Crippen LogP contribution in [-0.4, -0.2) is 29.1 Å². The summed E-state index contributed by atoms with van der Waals surface area (Å²) in [5.41, 5.74) is 0. The molecular weight excluding hydrogens is 230 g/mol. The molecule has 1 aromatic rings. The Labute approximate surface area is 106 Å². The van der Waals surface area contributed by atoms with E-state index in [0.29, 0.717) is 5.75 Å². The van der Waals surface area contributed by atoms with Crippen molar-refractivity contribution in [3.63, 3.8) is 0 Å². The zero-order valence-electron chi connectivity index (χ0n) is 9.63. The van der Waals surface area contributed by atoms with E-state index in [1.807, 2.05) is 35.2 Å². The Kier molecular flexibility index (Phi) is 4.11. The van der Waals surface area contributed by atoms with Crippen LogP contribution in [0.3, 0.4) is 0 Å². The molecule has 1 atom stereocenters. The standard InChI is InChI=1S/C14H15NOS/c1-2-12-7-6-10-15(12)14(16)11-17-13-8-4-3-5-9-13/h1,3-5,8-9,12H,6-7,10-11H2. The van der Waals surface area contributed by atoms with Crippen LogP contribution in [0.1, 0.15) is 12.8 Å². The number of thioether (sulfide) groups is 1. The van der Waals surface area contributed by atoms with E-state index < -0.39 is 0 Å². The van der Waals surface area contributed by atoms with Crippen LogP contribution >= 0.6 is 11.8 Å². The quantitative estimate of drug-likeness (QED) is 0.602. The van der Waals surface area contributed by atoms with Crippen molar-refractivity contribution in [3.8, 4) is 12.3 Å². The number of hydrogen-bond donors (Lipinski definition) is 0. The monoisotopic (exact) mass is 245 g/mol. The molecule has 1 amide bonds. The van der Waals surface area contributed by atoms with Crippen LogP contribution in [-0.2, 0) is 4.79 Å². The molecule has 0 aliphatic carbocycles. The van der Waals surface area contributed by atoms with Crippen molar-refractivity contribution in [1.29, 1.82) is 0 Å². The second-order valence-corrected chi connectivity index (χ2v) is 5.06. The van der Waals surface area contributed by atoms with Crippen LogP contribution in [0.15, 0.2) is 35.2 Å². The van der Waals surface area contributed by atoms with Crippen molar-refractivity contribution in [2.45, 2.75) is 23.8 Å². The molecular formula is C14H15NOS. The third kappa shape index (κ3) is 3.04. The molecule has 1 unspecified atom stereocenters. The Morgan fingerprint density at radius 3 is 2.94 bits per heavy atom. The minimum atomic E-state index is 0.0128. The van der Waals surface area contributed by atoms with Crippen molar-refractivity contribution in [2.75, 3.05) is 12.3 Å². The molecule has 1 aliphatic rings. The van der Waals surface area contributed by atoms with Gasteiger partial charge < -0.3 is 4.90 Å². The number of hydrogen-bond acceptors (Lipinski definition) is 2. The predicted octanol–water partition coefficient (Wildman–Crippen LogP) is 2.40. The summed E-state index contributed by atoms with van der Waals surface area (Å²) in [6, 6.07) is 9.97. The Balaban J connectivity index is 1.88. The van der Waals surface area contributed by atoms with E-state index in [1.54, 1.807) is 11.8 Å². The highest BCUT2D eigenvalue weighted by atomic mass is 32.2. The number of carbonyl (C=O) groups is 1. The second-order valence-electron chi connectivity index (χ2n) is 4.01. The third-order valence-electron chi connectivity index (χ3n) is 2.87. The SMILES string of the molecule is C#CC1CCCN1C(=O)CSc1ccccc1. The fourth-order valence-electron chi connectivity index (χ4n) is 1.98. The van der Waals surface area contributed by atoms with Gasteiger partial charge in [-0.15, -0.1) is 18.2 Å². The summed E-state index contributed by atoms with van der Waals surface area (Å²) in [4.78, 5) is 14.9. The first kappa shape index (κ1) is 12.1. The molecule has 1 saturated heterocycles. The lowest BCUT2D eigenvalue weighted by Crippen LogP contribution is -2.35. The molecule has 1 heterocycles. The average molecular weight is 245 g/mol. The Bertz CT molecular complexity index is 424. The number of nitrogens with zero attached hydrogens (tertiary/aromatic N) is 1. The Morgan fingerprint density at radius 1 is 1.47 bits per heavy atom. The largest absolute Gasteiger partial charge is 0.328 e. The van der Waals surface area contributed by atoms with E-state index in [1.165, 1.54) is 0 Å². The highest BCUT2D eigenvalue weighted by Crippen LogP contribution is 2.21. The number of terminal acetylenes is 1. The van der Waals surface area contributed by atoms with Crippen LogP contribution in [0.25, 0.3) is 0 Å². The maximum absolute atomic E-state index is 12.0. The molecule has 2 nitrogen and oxygen atoms in total. The highest BCUT2D eigenvalue weighted by Gasteiger charge is 2.26. The Morgan fingerprint density at radius 2 is 2.24 bits per heavy atom. The van der Waals surface area contributed by atoms with E-state index in [4.69, 9.17) is 6.42 Å². The number of rotatable bonds is 3. The van der Waals surface area contributed by atoms with E-state index in [2.05, 4.69) is 5.92 Å². The van der Waals surface area contributed by atoms with Gasteiger partial charge in [0, 0.05) is 11.4 Å². The van der Waals surface area contributed by atoms with Crippen LogP contribution in [0.2, 0.25) is 0 Å². The van der Waals surface area contributed by atoms with Gasteiger partial charge in [-0.1, -0.05) is 24.1 Å². The van der Waals surface area contributed by atoms with E-state index in [9.17, 15) is 4.79 Å². The predicted molar refractivity (Wildman–Crippen MR) is 70.7 cm³/mol. The normalized spacial score (nSPS) is 19.0. The van der Waals surface area contributed by atoms with Gasteiger partial charge in [0.1, 0.15) is 0 Å². The van der Waals surface area contributed by atoms with Crippen LogP contribution in [0.5, 0.6) is 0 Å². The summed E-state index contributed by atoms with van der Waals surface area (Å²) in [5, 5.41) is 0. The van der Waals surface area contributed by atoms with Crippen molar-refractivity contribution in [2.24, 2.45) is 0 Å². The average Bonchev–Trinajstić information content (AvgIpc) is 2.85. The lowest BCUT2D eigenvalue weighted by molar-refractivity contribution is -0.128. The molecule has 1 aromatic carbocycles. The van der Waals surface area contributed by atoms with Gasteiger partial charge in [0.05, 0.1) is 11.8 Å². The van der Waals surface area contributed by atoms with E-state index in [-0.39, 0.29) is 11.9 Å². The van der Waals surface area contributed by atoms with Gasteiger partial charge in [0.15, 0.2) is 0 Å². The zero-order valence-corrected chi connectivity index (χ0v) is 10.5. The summed E-state index contributed by atoms with van der Waals surface area (Å²) in [5.74, 6) is 3.32. The highest BCUT2D eigenvalue weighted by molar-refractivity contribution is 8.00. The fourth-order valence-corrected chi connectivity index (χ4v) is 2.79. The summed E-state index contributed by atoms with van der Waals surface area (Å²) in [6.45, 7) is 0.809. The Hall–Kier alpha value is -1.40. The summed E-state index contributed by atoms with van der Waals surface area (Å²) in [6.07, 6.45) is 7.39. The molecule has 0 spiro atoms. The lowest BCUT2D eigenvalue weighted by Gasteiger charge is -2.20. The molecule has 1 aliphatic heterocycles. The molecule has 17 heavy (non-hydrogen) atoms. The minimum Gasteiger partial charge on any atom is -0.328 e. The van der Waals surface area contributed by atoms with Crippen molar-refractivity contribution < 1.29 is 4.79 Å². The molecule has 0 N–H and O–H groups in total. The maximum atomic E-state index is 12.0. The minimum absolute atomic E-state index is 0.0128. The van der Waals surface area contributed by atoms with Gasteiger partial charge in [-0.25, -0.2) is 0 Å². The lowest BCUT2D eigenvalue weighted by atomic mass is 10.2. The maximum Gasteiger partial charge on any atom is 0.233 e. The topological polar surface area (TPSA) is 20.3 Å². The van der Waals surface area contributed by atoms with E-state index >= 15 is 0 Å². The first-order valence-electron chi connectivity index (χ1n) is 5.74. The van der Waals surface area contributed by atoms with Gasteiger partial charge in [0.2, 0.25) is 5.91 Å². The molecule has 2 rings (SSSR count). The number of likely N-dealkylation sites (tertiary alicyclic amines) is 1. The van der Waals surface area contributed by atoms with Crippen LogP contribution in [0.4, 0.5) is 0 Å². The fraction of sp³-hybridized carbons (Fsp3) is 0.357. The summed E-state index contributed by atoms with van der Waals surface area (Å²) < 4.78 is 0. The van der Waals surface area contributed by atoms with Gasteiger partial charge in [-0.2, -0.15) is 0 Å². The molecule has 3 heteroatoms. The first-order chi connectivity index (χ1) is 8.31. The second kappa shape index (κ2) is 5.79. The molecule has 0 saturated carbocycles. The molecule has 0 aromatic heterocycles. The zero-order chi connectivity index (χ0) is 12.1. The number of carbonyl (C=O) groups excluding carboxylic acids is 1. The van der Waals surface area contributed by atoms with Gasteiger partial charge in [-0.3, -0.25) is 4.79 Å². The molecule has 0 bridgehead atoms. The molecule has 1 fully saturated rings. The third-order valence-corrected chi connectivity index (χ3v) is 3.87.